The van der Waals surface area contributed by atoms with E-state index in [2.05, 4.69) is 9.73 Å². The van der Waals surface area contributed by atoms with Gasteiger partial charge in [0.15, 0.2) is 5.83 Å². The van der Waals surface area contributed by atoms with Crippen molar-refractivity contribution in [2.75, 3.05) is 7.11 Å². The molecule has 0 amide bonds. The van der Waals surface area contributed by atoms with Crippen LogP contribution in [0.15, 0.2) is 17.0 Å². The van der Waals surface area contributed by atoms with E-state index in [1.165, 1.54) is 7.11 Å². The van der Waals surface area contributed by atoms with Crippen molar-refractivity contribution >= 4 is 17.7 Å². The number of methoxy groups -OCH3 is 1. The molecule has 0 spiro atoms. The Bertz CT molecular complexity index is 256. The fourth-order valence-corrected chi connectivity index (χ4v) is 0.901. The van der Waals surface area contributed by atoms with Crippen LogP contribution in [-0.4, -0.2) is 23.3 Å². The van der Waals surface area contributed by atoms with Crippen molar-refractivity contribution in [2.24, 2.45) is 16.5 Å². The minimum atomic E-state index is -1.85. The van der Waals surface area contributed by atoms with Crippen molar-refractivity contribution < 1.29 is 9.13 Å². The number of rotatable bonds is 1. The summed E-state index contributed by atoms with van der Waals surface area (Å²) in [6.07, 6.45) is 0.859. The van der Waals surface area contributed by atoms with Gasteiger partial charge in [-0.25, -0.2) is 13.8 Å². The van der Waals surface area contributed by atoms with Gasteiger partial charge in [-0.15, -0.1) is 0 Å². The molecule has 7 heteroatoms. The standard InChI is InChI=1S/C5H8ClFN4O/c1-12-5(9)3(7)2-10-4(8)11(5)6/h2H,9H2,1H3,(H2,8,10). The van der Waals surface area contributed by atoms with E-state index in [4.69, 9.17) is 23.2 Å². The SMILES string of the molecule is COC1(N)C(F)=CN=C(N)N1Cl. The summed E-state index contributed by atoms with van der Waals surface area (Å²) in [5.41, 5.74) is 10.7. The minimum Gasteiger partial charge on any atom is -0.368 e. The third kappa shape index (κ3) is 1.13. The van der Waals surface area contributed by atoms with Gasteiger partial charge in [-0.2, -0.15) is 0 Å². The van der Waals surface area contributed by atoms with Crippen molar-refractivity contribution in [2.45, 2.75) is 5.85 Å². The Labute approximate surface area is 73.5 Å². The van der Waals surface area contributed by atoms with Crippen LogP contribution in [0.5, 0.6) is 0 Å². The Morgan fingerprint density at radius 1 is 1.83 bits per heavy atom. The van der Waals surface area contributed by atoms with Crippen LogP contribution in [0.3, 0.4) is 0 Å². The molecule has 0 saturated heterocycles. The van der Waals surface area contributed by atoms with E-state index in [0.717, 1.165) is 6.20 Å². The summed E-state index contributed by atoms with van der Waals surface area (Å²) >= 11 is 5.52. The number of ether oxygens (including phenoxy) is 1. The van der Waals surface area contributed by atoms with Gasteiger partial charge in [0, 0.05) is 18.9 Å². The molecule has 0 aromatic rings. The Morgan fingerprint density at radius 3 is 2.83 bits per heavy atom. The first-order valence-electron chi connectivity index (χ1n) is 3.02. The molecule has 0 aromatic carbocycles. The van der Waals surface area contributed by atoms with E-state index < -0.39 is 11.7 Å². The zero-order valence-corrected chi connectivity index (χ0v) is 7.05. The summed E-state index contributed by atoms with van der Waals surface area (Å²) in [7, 11) is 1.21. The molecule has 1 unspecified atom stereocenters. The summed E-state index contributed by atoms with van der Waals surface area (Å²) in [6.45, 7) is 0. The summed E-state index contributed by atoms with van der Waals surface area (Å²) in [5, 5.41) is 0. The second-order valence-corrected chi connectivity index (χ2v) is 2.48. The lowest BCUT2D eigenvalue weighted by Gasteiger charge is -2.34. The quantitative estimate of drug-likeness (QED) is 0.449. The summed E-state index contributed by atoms with van der Waals surface area (Å²) < 4.78 is 18.3. The molecule has 1 aliphatic heterocycles. The molecule has 1 aliphatic rings. The van der Waals surface area contributed by atoms with Gasteiger partial charge in [0.25, 0.3) is 5.85 Å². The second-order valence-electron chi connectivity index (χ2n) is 2.15. The third-order valence-electron chi connectivity index (χ3n) is 1.46. The zero-order valence-electron chi connectivity index (χ0n) is 6.29. The monoisotopic (exact) mass is 194 g/mol. The van der Waals surface area contributed by atoms with Crippen molar-refractivity contribution in [3.05, 3.63) is 12.0 Å². The topological polar surface area (TPSA) is 76.9 Å². The molecule has 0 fully saturated rings. The Balaban J connectivity index is 3.05. The smallest absolute Gasteiger partial charge is 0.268 e. The lowest BCUT2D eigenvalue weighted by atomic mass is 10.3. The van der Waals surface area contributed by atoms with Gasteiger partial charge in [0.05, 0.1) is 6.20 Å². The maximum Gasteiger partial charge on any atom is 0.268 e. The number of hydrogen-bond acceptors (Lipinski definition) is 5. The average Bonchev–Trinajstić information content (AvgIpc) is 2.08. The molecule has 4 N–H and O–H groups in total. The Kier molecular flexibility index (Phi) is 2.22. The van der Waals surface area contributed by atoms with Crippen molar-refractivity contribution in [1.82, 2.24) is 4.42 Å². The van der Waals surface area contributed by atoms with E-state index >= 15 is 0 Å². The Morgan fingerprint density at radius 2 is 2.42 bits per heavy atom. The number of aliphatic imine (C=N–C) groups is 1. The van der Waals surface area contributed by atoms with E-state index in [1.54, 1.807) is 0 Å². The van der Waals surface area contributed by atoms with Crippen LogP contribution in [0.1, 0.15) is 0 Å². The first kappa shape index (κ1) is 9.24. The molecule has 0 radical (unpaired) electrons. The van der Waals surface area contributed by atoms with Gasteiger partial charge in [0.1, 0.15) is 0 Å². The van der Waals surface area contributed by atoms with E-state index in [-0.39, 0.29) is 5.96 Å². The van der Waals surface area contributed by atoms with Crippen LogP contribution < -0.4 is 11.5 Å². The van der Waals surface area contributed by atoms with E-state index in [0.29, 0.717) is 4.42 Å². The van der Waals surface area contributed by atoms with Crippen LogP contribution in [0.25, 0.3) is 0 Å². The van der Waals surface area contributed by atoms with Crippen molar-refractivity contribution in [3.63, 3.8) is 0 Å². The van der Waals surface area contributed by atoms with Gasteiger partial charge in [-0.05, 0) is 0 Å². The number of hydrogen-bond donors (Lipinski definition) is 2. The zero-order chi connectivity index (χ0) is 9.35. The molecule has 1 rings (SSSR count). The number of nitrogens with two attached hydrogens (primary N) is 2. The van der Waals surface area contributed by atoms with Gasteiger partial charge in [-0.3, -0.25) is 5.73 Å². The predicted molar refractivity (Wildman–Crippen MR) is 42.4 cm³/mol. The summed E-state index contributed by atoms with van der Waals surface area (Å²) in [6, 6.07) is 0. The molecule has 12 heavy (non-hydrogen) atoms. The Hall–Kier alpha value is -0.850. The first-order chi connectivity index (χ1) is 5.52. The molecule has 5 nitrogen and oxygen atoms in total. The second kappa shape index (κ2) is 2.89. The molecule has 0 aliphatic carbocycles. The maximum atomic E-state index is 13.0. The van der Waals surface area contributed by atoms with Gasteiger partial charge < -0.3 is 10.5 Å². The van der Waals surface area contributed by atoms with Crippen LogP contribution in [0.2, 0.25) is 0 Å². The van der Waals surface area contributed by atoms with Gasteiger partial charge in [-0.1, -0.05) is 0 Å². The van der Waals surface area contributed by atoms with Crippen molar-refractivity contribution in [3.8, 4) is 0 Å². The molecule has 0 bridgehead atoms. The third-order valence-corrected chi connectivity index (χ3v) is 1.88. The lowest BCUT2D eigenvalue weighted by Crippen LogP contribution is -2.59. The average molecular weight is 195 g/mol. The molecule has 1 heterocycles. The largest absolute Gasteiger partial charge is 0.368 e. The highest BCUT2D eigenvalue weighted by atomic mass is 35.5. The van der Waals surface area contributed by atoms with Gasteiger partial charge >= 0.3 is 0 Å². The maximum absolute atomic E-state index is 13.0. The molecule has 0 saturated carbocycles. The molecular formula is C5H8ClFN4O. The predicted octanol–water partition coefficient (Wildman–Crippen LogP) is -0.160. The molecule has 68 valence electrons. The number of nitrogens with zero attached hydrogens (tertiary/aromatic N) is 2. The van der Waals surface area contributed by atoms with Crippen LogP contribution in [0.4, 0.5) is 4.39 Å². The van der Waals surface area contributed by atoms with Gasteiger partial charge in [0.2, 0.25) is 5.96 Å². The normalized spacial score (nSPS) is 29.8. The van der Waals surface area contributed by atoms with E-state index in [1.807, 2.05) is 0 Å². The van der Waals surface area contributed by atoms with Crippen LogP contribution >= 0.6 is 11.8 Å². The van der Waals surface area contributed by atoms with Crippen molar-refractivity contribution in [1.29, 1.82) is 0 Å². The molecule has 0 aromatic heterocycles. The fraction of sp³-hybridized carbons (Fsp3) is 0.400. The number of guanidine groups is 1. The lowest BCUT2D eigenvalue weighted by molar-refractivity contribution is -0.0510. The molecule has 1 atom stereocenters. The minimum absolute atomic E-state index is 0.123. The fourth-order valence-electron chi connectivity index (χ4n) is 0.708. The number of halogens is 2. The first-order valence-corrected chi connectivity index (χ1v) is 3.35. The van der Waals surface area contributed by atoms with Crippen LogP contribution in [-0.2, 0) is 4.74 Å². The highest BCUT2D eigenvalue weighted by Crippen LogP contribution is 2.26. The van der Waals surface area contributed by atoms with Crippen LogP contribution in [0, 0.1) is 0 Å². The summed E-state index contributed by atoms with van der Waals surface area (Å²) in [4.78, 5) is 3.43. The highest BCUT2D eigenvalue weighted by molar-refractivity contribution is 6.22. The van der Waals surface area contributed by atoms with E-state index in [9.17, 15) is 4.39 Å². The molecular weight excluding hydrogens is 187 g/mol. The highest BCUT2D eigenvalue weighted by Gasteiger charge is 2.41. The summed E-state index contributed by atoms with van der Waals surface area (Å²) in [5.74, 6) is -2.79.